The van der Waals surface area contributed by atoms with Crippen LogP contribution in [0.5, 0.6) is 0 Å². The van der Waals surface area contributed by atoms with Gasteiger partial charge in [0.2, 0.25) is 0 Å². The molecule has 0 bridgehead atoms. The SMILES string of the molecule is CCn1cc(N)c(C(=O)N(C)C(C)C(C)C)n1. The summed E-state index contributed by atoms with van der Waals surface area (Å²) in [5.41, 5.74) is 6.59. The Balaban J connectivity index is 2.92. The van der Waals surface area contributed by atoms with E-state index in [0.29, 0.717) is 23.8 Å². The minimum atomic E-state index is -0.115. The lowest BCUT2D eigenvalue weighted by Gasteiger charge is -2.27. The molecule has 0 saturated heterocycles. The van der Waals surface area contributed by atoms with Crippen molar-refractivity contribution in [2.45, 2.75) is 40.3 Å². The van der Waals surface area contributed by atoms with Crippen molar-refractivity contribution in [1.29, 1.82) is 0 Å². The molecule has 1 unspecified atom stereocenters. The summed E-state index contributed by atoms with van der Waals surface area (Å²) in [5.74, 6) is 0.286. The van der Waals surface area contributed by atoms with Crippen LogP contribution in [0.2, 0.25) is 0 Å². The second-order valence-corrected chi connectivity index (χ2v) is 4.69. The molecule has 17 heavy (non-hydrogen) atoms. The third-order valence-corrected chi connectivity index (χ3v) is 3.21. The molecule has 0 fully saturated rings. The molecule has 1 heterocycles. The third-order valence-electron chi connectivity index (χ3n) is 3.21. The lowest BCUT2D eigenvalue weighted by atomic mass is 10.0. The topological polar surface area (TPSA) is 64.2 Å². The zero-order valence-electron chi connectivity index (χ0n) is 11.3. The Bertz CT molecular complexity index is 397. The minimum Gasteiger partial charge on any atom is -0.396 e. The van der Waals surface area contributed by atoms with Crippen molar-refractivity contribution in [2.75, 3.05) is 12.8 Å². The van der Waals surface area contributed by atoms with Crippen LogP contribution in [0.3, 0.4) is 0 Å². The van der Waals surface area contributed by atoms with E-state index >= 15 is 0 Å². The van der Waals surface area contributed by atoms with E-state index in [9.17, 15) is 4.79 Å². The lowest BCUT2D eigenvalue weighted by Crippen LogP contribution is -2.38. The molecule has 0 saturated carbocycles. The molecule has 5 nitrogen and oxygen atoms in total. The standard InChI is InChI=1S/C12H22N4O/c1-6-16-7-10(13)11(14-16)12(17)15(5)9(4)8(2)3/h7-9H,6,13H2,1-5H3. The summed E-state index contributed by atoms with van der Waals surface area (Å²) in [6, 6.07) is 0.161. The molecule has 0 aliphatic rings. The molecular weight excluding hydrogens is 216 g/mol. The average molecular weight is 238 g/mol. The Hall–Kier alpha value is -1.52. The van der Waals surface area contributed by atoms with Gasteiger partial charge in [-0.15, -0.1) is 0 Å². The molecular formula is C12H22N4O. The third kappa shape index (κ3) is 2.78. The smallest absolute Gasteiger partial charge is 0.276 e. The van der Waals surface area contributed by atoms with Gasteiger partial charge >= 0.3 is 0 Å². The quantitative estimate of drug-likeness (QED) is 0.866. The number of nitrogen functional groups attached to an aromatic ring is 1. The maximum Gasteiger partial charge on any atom is 0.276 e. The van der Waals surface area contributed by atoms with Crippen LogP contribution >= 0.6 is 0 Å². The highest BCUT2D eigenvalue weighted by molar-refractivity contribution is 5.97. The van der Waals surface area contributed by atoms with Crippen molar-refractivity contribution < 1.29 is 4.79 Å². The molecule has 1 rings (SSSR count). The van der Waals surface area contributed by atoms with Gasteiger partial charge in [-0.1, -0.05) is 13.8 Å². The summed E-state index contributed by atoms with van der Waals surface area (Å²) >= 11 is 0. The number of carbonyl (C=O) groups is 1. The fourth-order valence-corrected chi connectivity index (χ4v) is 1.56. The summed E-state index contributed by atoms with van der Waals surface area (Å²) < 4.78 is 1.68. The molecule has 5 heteroatoms. The number of hydrogen-bond acceptors (Lipinski definition) is 3. The summed E-state index contributed by atoms with van der Waals surface area (Å²) in [6.07, 6.45) is 1.70. The van der Waals surface area contributed by atoms with Crippen LogP contribution in [0, 0.1) is 5.92 Å². The lowest BCUT2D eigenvalue weighted by molar-refractivity contribution is 0.0701. The molecule has 0 aliphatic heterocycles. The average Bonchev–Trinajstić information content (AvgIpc) is 2.67. The zero-order valence-corrected chi connectivity index (χ0v) is 11.3. The number of aryl methyl sites for hydroxylation is 1. The van der Waals surface area contributed by atoms with Gasteiger partial charge < -0.3 is 10.6 Å². The fraction of sp³-hybridized carbons (Fsp3) is 0.667. The van der Waals surface area contributed by atoms with Crippen molar-refractivity contribution >= 4 is 11.6 Å². The Kier molecular flexibility index (Phi) is 4.15. The number of aromatic nitrogens is 2. The van der Waals surface area contributed by atoms with Gasteiger partial charge in [0.25, 0.3) is 5.91 Å². The summed E-state index contributed by atoms with van der Waals surface area (Å²) in [4.78, 5) is 13.9. The Morgan fingerprint density at radius 3 is 2.53 bits per heavy atom. The maximum absolute atomic E-state index is 12.2. The number of amides is 1. The van der Waals surface area contributed by atoms with Gasteiger partial charge in [-0.25, -0.2) is 0 Å². The van der Waals surface area contributed by atoms with Crippen LogP contribution in [-0.2, 0) is 6.54 Å². The first kappa shape index (κ1) is 13.5. The van der Waals surface area contributed by atoms with E-state index in [4.69, 9.17) is 5.73 Å². The van der Waals surface area contributed by atoms with Gasteiger partial charge in [0.05, 0.1) is 5.69 Å². The highest BCUT2D eigenvalue weighted by atomic mass is 16.2. The van der Waals surface area contributed by atoms with Crippen LogP contribution in [0.1, 0.15) is 38.2 Å². The van der Waals surface area contributed by atoms with Gasteiger partial charge in [-0.2, -0.15) is 5.10 Å². The van der Waals surface area contributed by atoms with E-state index in [-0.39, 0.29) is 11.9 Å². The normalized spacial score (nSPS) is 12.8. The maximum atomic E-state index is 12.2. The van der Waals surface area contributed by atoms with Crippen molar-refractivity contribution in [2.24, 2.45) is 5.92 Å². The van der Waals surface area contributed by atoms with E-state index in [2.05, 4.69) is 18.9 Å². The van der Waals surface area contributed by atoms with Gasteiger partial charge in [0.15, 0.2) is 5.69 Å². The Morgan fingerprint density at radius 1 is 1.53 bits per heavy atom. The second-order valence-electron chi connectivity index (χ2n) is 4.69. The van der Waals surface area contributed by atoms with Crippen LogP contribution in [-0.4, -0.2) is 33.7 Å². The molecule has 1 amide bonds. The molecule has 96 valence electrons. The van der Waals surface area contributed by atoms with Gasteiger partial charge in [0.1, 0.15) is 0 Å². The number of carbonyl (C=O) groups excluding carboxylic acids is 1. The largest absolute Gasteiger partial charge is 0.396 e. The molecule has 2 N–H and O–H groups in total. The summed E-state index contributed by atoms with van der Waals surface area (Å²) in [6.45, 7) is 8.86. The first-order valence-corrected chi connectivity index (χ1v) is 5.98. The Morgan fingerprint density at radius 2 is 2.12 bits per heavy atom. The van der Waals surface area contributed by atoms with E-state index in [1.54, 1.807) is 22.8 Å². The number of nitrogens with two attached hydrogens (primary N) is 1. The van der Waals surface area contributed by atoms with E-state index < -0.39 is 0 Å². The van der Waals surface area contributed by atoms with Crippen molar-refractivity contribution in [3.05, 3.63) is 11.9 Å². The Labute approximate surface area is 103 Å². The van der Waals surface area contributed by atoms with Crippen LogP contribution < -0.4 is 5.73 Å². The first-order chi connectivity index (χ1) is 7.88. The number of nitrogens with zero attached hydrogens (tertiary/aromatic N) is 3. The van der Waals surface area contributed by atoms with Gasteiger partial charge in [0, 0.05) is 25.8 Å². The second kappa shape index (κ2) is 5.21. The monoisotopic (exact) mass is 238 g/mol. The predicted octanol–water partition coefficient (Wildman–Crippen LogP) is 1.60. The van der Waals surface area contributed by atoms with Gasteiger partial charge in [-0.3, -0.25) is 9.48 Å². The molecule has 0 aromatic carbocycles. The molecule has 1 aromatic rings. The molecule has 0 aliphatic carbocycles. The molecule has 0 spiro atoms. The highest BCUT2D eigenvalue weighted by Crippen LogP contribution is 2.15. The van der Waals surface area contributed by atoms with Crippen LogP contribution in [0.4, 0.5) is 5.69 Å². The first-order valence-electron chi connectivity index (χ1n) is 5.98. The molecule has 0 radical (unpaired) electrons. The van der Waals surface area contributed by atoms with Crippen molar-refractivity contribution in [3.8, 4) is 0 Å². The number of rotatable bonds is 4. The summed E-state index contributed by atoms with van der Waals surface area (Å²) in [7, 11) is 1.79. The van der Waals surface area contributed by atoms with Gasteiger partial charge in [-0.05, 0) is 19.8 Å². The van der Waals surface area contributed by atoms with Crippen LogP contribution in [0.15, 0.2) is 6.20 Å². The van der Waals surface area contributed by atoms with Crippen molar-refractivity contribution in [1.82, 2.24) is 14.7 Å². The number of hydrogen-bond donors (Lipinski definition) is 1. The van der Waals surface area contributed by atoms with E-state index in [0.717, 1.165) is 0 Å². The van der Waals surface area contributed by atoms with Crippen molar-refractivity contribution in [3.63, 3.8) is 0 Å². The van der Waals surface area contributed by atoms with E-state index in [1.807, 2.05) is 13.8 Å². The fourth-order valence-electron chi connectivity index (χ4n) is 1.56. The molecule has 1 aromatic heterocycles. The number of anilines is 1. The van der Waals surface area contributed by atoms with E-state index in [1.165, 1.54) is 0 Å². The summed E-state index contributed by atoms with van der Waals surface area (Å²) in [5, 5.41) is 4.19. The molecule has 1 atom stereocenters. The predicted molar refractivity (Wildman–Crippen MR) is 68.7 cm³/mol. The highest BCUT2D eigenvalue weighted by Gasteiger charge is 2.23. The van der Waals surface area contributed by atoms with Crippen LogP contribution in [0.25, 0.3) is 0 Å². The zero-order chi connectivity index (χ0) is 13.2. The minimum absolute atomic E-state index is 0.115.